The van der Waals surface area contributed by atoms with E-state index < -0.39 is 36.2 Å². The van der Waals surface area contributed by atoms with E-state index in [1.54, 1.807) is 0 Å². The number of fused-ring (bicyclic) bond motifs is 2. The van der Waals surface area contributed by atoms with Gasteiger partial charge in [-0.2, -0.15) is 0 Å². The molecule has 0 unspecified atom stereocenters. The van der Waals surface area contributed by atoms with Gasteiger partial charge in [-0.05, 0) is 0 Å². The minimum absolute atomic E-state index is 0.167. The molecule has 2 saturated heterocycles. The maximum Gasteiger partial charge on any atom is 0.338 e. The number of carbonyl (C=O) groups excluding carboxylic acids is 1. The van der Waals surface area contributed by atoms with Gasteiger partial charge < -0.3 is 35.3 Å². The van der Waals surface area contributed by atoms with Gasteiger partial charge in [0.2, 0.25) is 5.79 Å². The lowest BCUT2D eigenvalue weighted by molar-refractivity contribution is -0.219. The number of esters is 1. The zero-order chi connectivity index (χ0) is 12.6. The van der Waals surface area contributed by atoms with Crippen LogP contribution in [0.1, 0.15) is 0 Å². The molecule has 0 amide bonds. The molecule has 2 fully saturated rings. The van der Waals surface area contributed by atoms with Crippen molar-refractivity contribution in [1.29, 1.82) is 0 Å². The third-order valence-electron chi connectivity index (χ3n) is 2.92. The molecule has 8 heteroatoms. The first kappa shape index (κ1) is 12.7. The lowest BCUT2D eigenvalue weighted by atomic mass is 9.98. The number of carbonyl (C=O) groups is 1. The van der Waals surface area contributed by atoms with Crippen LogP contribution in [0.2, 0.25) is 0 Å². The van der Waals surface area contributed by atoms with Crippen LogP contribution < -0.4 is 5.73 Å². The van der Waals surface area contributed by atoms with Crippen LogP contribution in [0.5, 0.6) is 0 Å². The zero-order valence-electron chi connectivity index (χ0n) is 8.98. The first-order valence-corrected chi connectivity index (χ1v) is 5.25. The Morgan fingerprint density at radius 1 is 1.41 bits per heavy atom. The fourth-order valence-electron chi connectivity index (χ4n) is 2.06. The van der Waals surface area contributed by atoms with Gasteiger partial charge >= 0.3 is 5.97 Å². The SMILES string of the molecule is NC[C@]12O[C@H]([C@H](O)[C@H]1O)[C@@H](C(=O)OCCO)O2. The van der Waals surface area contributed by atoms with E-state index in [1.165, 1.54) is 0 Å². The first-order valence-electron chi connectivity index (χ1n) is 5.25. The van der Waals surface area contributed by atoms with Crippen molar-refractivity contribution in [2.45, 2.75) is 30.2 Å². The molecular weight excluding hydrogens is 234 g/mol. The molecule has 0 aromatic heterocycles. The van der Waals surface area contributed by atoms with E-state index in [4.69, 9.17) is 20.3 Å². The molecule has 5 N–H and O–H groups in total. The summed E-state index contributed by atoms with van der Waals surface area (Å²) in [7, 11) is 0. The monoisotopic (exact) mass is 249 g/mol. The van der Waals surface area contributed by atoms with Gasteiger partial charge in [-0.25, -0.2) is 4.79 Å². The molecule has 0 radical (unpaired) electrons. The number of aliphatic hydroxyl groups is 3. The van der Waals surface area contributed by atoms with Crippen LogP contribution in [0.25, 0.3) is 0 Å². The highest BCUT2D eigenvalue weighted by Gasteiger charge is 2.66. The van der Waals surface area contributed by atoms with Gasteiger partial charge in [-0.15, -0.1) is 0 Å². The molecule has 98 valence electrons. The molecule has 0 aliphatic carbocycles. The molecule has 2 heterocycles. The number of hydrogen-bond donors (Lipinski definition) is 4. The molecule has 0 aromatic carbocycles. The van der Waals surface area contributed by atoms with Crippen molar-refractivity contribution in [2.24, 2.45) is 5.73 Å². The zero-order valence-corrected chi connectivity index (χ0v) is 8.98. The normalized spacial score (nSPS) is 44.0. The van der Waals surface area contributed by atoms with Gasteiger partial charge in [-0.3, -0.25) is 0 Å². The molecule has 0 aromatic rings. The molecule has 2 aliphatic heterocycles. The van der Waals surface area contributed by atoms with E-state index in [-0.39, 0.29) is 19.8 Å². The summed E-state index contributed by atoms with van der Waals surface area (Å²) in [6.45, 7) is -0.664. The van der Waals surface area contributed by atoms with Crippen LogP contribution in [-0.4, -0.2) is 71.3 Å². The molecule has 0 spiro atoms. The molecule has 17 heavy (non-hydrogen) atoms. The smallest absolute Gasteiger partial charge is 0.338 e. The second kappa shape index (κ2) is 4.48. The molecule has 5 atom stereocenters. The second-order valence-electron chi connectivity index (χ2n) is 3.96. The molecule has 8 nitrogen and oxygen atoms in total. The lowest BCUT2D eigenvalue weighted by Gasteiger charge is -2.32. The highest BCUT2D eigenvalue weighted by molar-refractivity contribution is 5.76. The van der Waals surface area contributed by atoms with Crippen LogP contribution >= 0.6 is 0 Å². The van der Waals surface area contributed by atoms with Gasteiger partial charge in [0.05, 0.1) is 13.2 Å². The predicted octanol–water partition coefficient (Wildman–Crippen LogP) is -3.30. The average Bonchev–Trinajstić information content (AvgIpc) is 2.84. The van der Waals surface area contributed by atoms with Crippen LogP contribution in [0.3, 0.4) is 0 Å². The topological polar surface area (TPSA) is 131 Å². The maximum atomic E-state index is 11.5. The van der Waals surface area contributed by atoms with Crippen molar-refractivity contribution in [3.05, 3.63) is 0 Å². The summed E-state index contributed by atoms with van der Waals surface area (Å²) in [5.74, 6) is -2.31. The highest BCUT2D eigenvalue weighted by atomic mass is 16.8. The van der Waals surface area contributed by atoms with E-state index in [2.05, 4.69) is 4.74 Å². The Labute approximate surface area is 96.9 Å². The molecule has 0 saturated carbocycles. The van der Waals surface area contributed by atoms with Crippen molar-refractivity contribution >= 4 is 5.97 Å². The van der Waals surface area contributed by atoms with Gasteiger partial charge in [0, 0.05) is 0 Å². The minimum atomic E-state index is -1.55. The van der Waals surface area contributed by atoms with Crippen molar-refractivity contribution in [2.75, 3.05) is 19.8 Å². The van der Waals surface area contributed by atoms with Crippen LogP contribution in [0, 0.1) is 0 Å². The first-order chi connectivity index (χ1) is 8.05. The minimum Gasteiger partial charge on any atom is -0.461 e. The highest BCUT2D eigenvalue weighted by Crippen LogP contribution is 2.42. The summed E-state index contributed by atoms with van der Waals surface area (Å²) in [4.78, 5) is 11.5. The summed E-state index contributed by atoms with van der Waals surface area (Å²) in [5.41, 5.74) is 5.41. The Hall–Kier alpha value is -0.770. The number of aliphatic hydroxyl groups excluding tert-OH is 3. The standard InChI is InChI=1S/C9H15NO7/c10-3-9-7(13)4(12)5(16-9)6(17-9)8(14)15-2-1-11/h4-7,11-13H,1-3,10H2/t4-,5+,6-,7+,9+/m0/s1. The molecule has 2 bridgehead atoms. The van der Waals surface area contributed by atoms with Gasteiger partial charge in [0.1, 0.15) is 24.9 Å². The quantitative estimate of drug-likeness (QED) is 0.381. The van der Waals surface area contributed by atoms with Crippen molar-refractivity contribution in [3.63, 3.8) is 0 Å². The Morgan fingerprint density at radius 3 is 2.65 bits per heavy atom. The summed E-state index contributed by atoms with van der Waals surface area (Å²) in [6.07, 6.45) is -4.68. The number of ether oxygens (including phenoxy) is 3. The third-order valence-corrected chi connectivity index (χ3v) is 2.92. The largest absolute Gasteiger partial charge is 0.461 e. The van der Waals surface area contributed by atoms with E-state index in [0.29, 0.717) is 0 Å². The Morgan fingerprint density at radius 2 is 2.12 bits per heavy atom. The van der Waals surface area contributed by atoms with Crippen LogP contribution in [-0.2, 0) is 19.0 Å². The van der Waals surface area contributed by atoms with E-state index >= 15 is 0 Å². The van der Waals surface area contributed by atoms with Gasteiger partial charge in [-0.1, -0.05) is 0 Å². The van der Waals surface area contributed by atoms with E-state index in [1.807, 2.05) is 0 Å². The van der Waals surface area contributed by atoms with E-state index in [0.717, 1.165) is 0 Å². The fourth-order valence-corrected chi connectivity index (χ4v) is 2.06. The number of hydrogen-bond acceptors (Lipinski definition) is 8. The summed E-state index contributed by atoms with van der Waals surface area (Å²) >= 11 is 0. The summed E-state index contributed by atoms with van der Waals surface area (Å²) in [5, 5.41) is 27.8. The van der Waals surface area contributed by atoms with Gasteiger partial charge in [0.25, 0.3) is 0 Å². The molecule has 2 rings (SSSR count). The summed E-state index contributed by atoms with van der Waals surface area (Å²) in [6, 6.07) is 0. The van der Waals surface area contributed by atoms with E-state index in [9.17, 15) is 15.0 Å². The maximum absolute atomic E-state index is 11.5. The lowest BCUT2D eigenvalue weighted by Crippen LogP contribution is -2.57. The Balaban J connectivity index is 2.07. The van der Waals surface area contributed by atoms with Crippen molar-refractivity contribution in [1.82, 2.24) is 0 Å². The number of rotatable bonds is 4. The average molecular weight is 249 g/mol. The molecule has 2 aliphatic rings. The van der Waals surface area contributed by atoms with Crippen molar-refractivity contribution in [3.8, 4) is 0 Å². The Kier molecular flexibility index (Phi) is 3.34. The third kappa shape index (κ3) is 1.82. The fraction of sp³-hybridized carbons (Fsp3) is 0.889. The second-order valence-corrected chi connectivity index (χ2v) is 3.96. The predicted molar refractivity (Wildman–Crippen MR) is 51.6 cm³/mol. The molecular formula is C9H15NO7. The summed E-state index contributed by atoms with van der Waals surface area (Å²) < 4.78 is 15.1. The van der Waals surface area contributed by atoms with Gasteiger partial charge in [0.15, 0.2) is 6.10 Å². The Bertz CT molecular complexity index is 312. The van der Waals surface area contributed by atoms with Crippen LogP contribution in [0.4, 0.5) is 0 Å². The van der Waals surface area contributed by atoms with Crippen molar-refractivity contribution < 1.29 is 34.3 Å². The van der Waals surface area contributed by atoms with Crippen LogP contribution in [0.15, 0.2) is 0 Å². The number of nitrogens with two attached hydrogens (primary N) is 1.